The minimum atomic E-state index is 0.0255. The third-order valence-electron chi connectivity index (χ3n) is 12.1. The Bertz CT molecular complexity index is 2580. The lowest BCUT2D eigenvalue weighted by atomic mass is 9.66. The monoisotopic (exact) mass is 720 g/mol. The predicted molar refractivity (Wildman–Crippen MR) is 227 cm³/mol. The number of nitriles is 1. The van der Waals surface area contributed by atoms with E-state index < -0.39 is 0 Å². The molecule has 1 saturated carbocycles. The van der Waals surface area contributed by atoms with E-state index in [1.807, 2.05) is 12.1 Å². The SMILES string of the molecule is N#CC1=CC2=C(CC1)c1c(-c3ccc(-c4nc(-c5ccc(-c6ccccc6)cc5)nc(-c5ccc(-c6ccccc6)cc5)n4)cc3)cccc1C21CCCCC1. The molecule has 0 atom stereocenters. The lowest BCUT2D eigenvalue weighted by Gasteiger charge is -2.37. The van der Waals surface area contributed by atoms with E-state index in [9.17, 15) is 5.26 Å². The average Bonchev–Trinajstić information content (AvgIpc) is 3.55. The lowest BCUT2D eigenvalue weighted by Crippen LogP contribution is -2.29. The van der Waals surface area contributed by atoms with Gasteiger partial charge in [0, 0.05) is 27.7 Å². The fourth-order valence-electron chi connectivity index (χ4n) is 9.31. The first kappa shape index (κ1) is 33.8. The molecule has 0 saturated heterocycles. The molecule has 1 aromatic heterocycles. The molecular formula is C52H40N4. The molecule has 1 heterocycles. The van der Waals surface area contributed by atoms with Crippen molar-refractivity contribution in [2.45, 2.75) is 50.4 Å². The van der Waals surface area contributed by atoms with Gasteiger partial charge in [-0.2, -0.15) is 5.26 Å². The molecule has 3 aliphatic rings. The molecule has 4 heteroatoms. The van der Waals surface area contributed by atoms with E-state index in [0.29, 0.717) is 17.5 Å². The van der Waals surface area contributed by atoms with E-state index in [4.69, 9.17) is 15.0 Å². The van der Waals surface area contributed by atoms with Crippen LogP contribution in [0, 0.1) is 11.3 Å². The van der Waals surface area contributed by atoms with Gasteiger partial charge < -0.3 is 0 Å². The van der Waals surface area contributed by atoms with Crippen LogP contribution in [0.15, 0.2) is 169 Å². The largest absolute Gasteiger partial charge is 0.208 e. The van der Waals surface area contributed by atoms with E-state index in [-0.39, 0.29) is 5.41 Å². The molecule has 268 valence electrons. The summed E-state index contributed by atoms with van der Waals surface area (Å²) in [5.74, 6) is 1.92. The van der Waals surface area contributed by atoms with Crippen LogP contribution >= 0.6 is 0 Å². The van der Waals surface area contributed by atoms with Gasteiger partial charge in [-0.3, -0.25) is 0 Å². The van der Waals surface area contributed by atoms with Crippen molar-refractivity contribution in [3.63, 3.8) is 0 Å². The molecular weight excluding hydrogens is 681 g/mol. The molecule has 0 amide bonds. The van der Waals surface area contributed by atoms with Crippen molar-refractivity contribution in [2.75, 3.05) is 0 Å². The Morgan fingerprint density at radius 3 is 1.41 bits per heavy atom. The van der Waals surface area contributed by atoms with E-state index in [1.165, 1.54) is 63.8 Å². The lowest BCUT2D eigenvalue weighted by molar-refractivity contribution is 0.350. The van der Waals surface area contributed by atoms with Crippen LogP contribution in [-0.4, -0.2) is 15.0 Å². The Labute approximate surface area is 328 Å². The fourth-order valence-corrected chi connectivity index (χ4v) is 9.31. The van der Waals surface area contributed by atoms with Crippen LogP contribution in [0.25, 0.3) is 73.1 Å². The van der Waals surface area contributed by atoms with Gasteiger partial charge in [-0.1, -0.05) is 171 Å². The van der Waals surface area contributed by atoms with E-state index in [2.05, 4.69) is 152 Å². The molecule has 1 fully saturated rings. The molecule has 0 bridgehead atoms. The predicted octanol–water partition coefficient (Wildman–Crippen LogP) is 13.1. The quantitative estimate of drug-likeness (QED) is 0.172. The maximum absolute atomic E-state index is 9.88. The number of fused-ring (bicyclic) bond motifs is 4. The molecule has 1 spiro atoms. The molecule has 0 unspecified atom stereocenters. The van der Waals surface area contributed by atoms with Crippen LogP contribution in [0.3, 0.4) is 0 Å². The van der Waals surface area contributed by atoms with Gasteiger partial charge in [-0.05, 0) is 87.4 Å². The maximum Gasteiger partial charge on any atom is 0.164 e. The normalized spacial score (nSPS) is 15.5. The van der Waals surface area contributed by atoms with Crippen LogP contribution in [-0.2, 0) is 5.41 Å². The molecule has 10 rings (SSSR count). The van der Waals surface area contributed by atoms with Gasteiger partial charge in [0.25, 0.3) is 0 Å². The molecule has 3 aliphatic carbocycles. The number of aromatic nitrogens is 3. The Morgan fingerprint density at radius 1 is 0.446 bits per heavy atom. The van der Waals surface area contributed by atoms with Crippen molar-refractivity contribution in [1.82, 2.24) is 15.0 Å². The first-order valence-electron chi connectivity index (χ1n) is 19.8. The molecule has 0 aliphatic heterocycles. The zero-order chi connectivity index (χ0) is 37.5. The zero-order valence-corrected chi connectivity index (χ0v) is 31.2. The summed E-state index contributed by atoms with van der Waals surface area (Å²) in [4.78, 5) is 15.2. The summed E-state index contributed by atoms with van der Waals surface area (Å²) in [6.07, 6.45) is 10.0. The third-order valence-corrected chi connectivity index (χ3v) is 12.1. The van der Waals surface area contributed by atoms with Crippen molar-refractivity contribution in [2.24, 2.45) is 0 Å². The van der Waals surface area contributed by atoms with Gasteiger partial charge >= 0.3 is 0 Å². The highest BCUT2D eigenvalue weighted by Crippen LogP contribution is 2.59. The number of allylic oxidation sites excluding steroid dienone is 4. The maximum atomic E-state index is 9.88. The van der Waals surface area contributed by atoms with E-state index >= 15 is 0 Å². The number of nitrogens with zero attached hydrogens (tertiary/aromatic N) is 4. The second-order valence-corrected chi connectivity index (χ2v) is 15.3. The summed E-state index contributed by atoms with van der Waals surface area (Å²) in [6, 6.07) is 55.9. The average molecular weight is 721 g/mol. The zero-order valence-electron chi connectivity index (χ0n) is 31.2. The van der Waals surface area contributed by atoms with Gasteiger partial charge in [0.1, 0.15) is 0 Å². The van der Waals surface area contributed by atoms with E-state index in [1.54, 1.807) is 0 Å². The summed E-state index contributed by atoms with van der Waals surface area (Å²) < 4.78 is 0. The Kier molecular flexibility index (Phi) is 8.57. The number of rotatable bonds is 6. The van der Waals surface area contributed by atoms with Crippen molar-refractivity contribution in [1.29, 1.82) is 5.26 Å². The number of benzene rings is 6. The Balaban J connectivity index is 1.04. The van der Waals surface area contributed by atoms with Crippen molar-refractivity contribution < 1.29 is 0 Å². The Morgan fingerprint density at radius 2 is 0.911 bits per heavy atom. The number of hydrogen-bond acceptors (Lipinski definition) is 4. The van der Waals surface area contributed by atoms with Crippen molar-refractivity contribution in [3.8, 4) is 73.6 Å². The van der Waals surface area contributed by atoms with Crippen LogP contribution in [0.5, 0.6) is 0 Å². The minimum Gasteiger partial charge on any atom is -0.208 e. The smallest absolute Gasteiger partial charge is 0.164 e. The molecule has 56 heavy (non-hydrogen) atoms. The highest BCUT2D eigenvalue weighted by Gasteiger charge is 2.46. The molecule has 6 aromatic carbocycles. The third kappa shape index (κ3) is 5.97. The summed E-state index contributed by atoms with van der Waals surface area (Å²) in [5, 5.41) is 9.88. The second kappa shape index (κ2) is 14.2. The van der Waals surface area contributed by atoms with Crippen LogP contribution < -0.4 is 0 Å². The van der Waals surface area contributed by atoms with Gasteiger partial charge in [-0.25, -0.2) is 15.0 Å². The summed E-state index contributed by atoms with van der Waals surface area (Å²) in [7, 11) is 0. The van der Waals surface area contributed by atoms with Crippen molar-refractivity contribution in [3.05, 3.63) is 180 Å². The van der Waals surface area contributed by atoms with E-state index in [0.717, 1.165) is 59.1 Å². The Hall–Kier alpha value is -6.70. The standard InChI is InChI=1S/C52H40N4/c53-34-35-17-30-45-47(33-35)52(31-8-3-9-32-52)46-16-10-15-44(48(45)46)40-22-28-43(29-23-40)51-55-49(41-24-18-38(19-25-41)36-11-4-1-5-12-36)54-50(56-51)42-26-20-39(21-27-42)37-13-6-2-7-14-37/h1-2,4-7,10-16,18-29,33H,3,8-9,17,30-32H2. The molecule has 0 N–H and O–H groups in total. The highest BCUT2D eigenvalue weighted by atomic mass is 15.0. The summed E-state index contributed by atoms with van der Waals surface area (Å²) in [5.41, 5.74) is 16.6. The van der Waals surface area contributed by atoms with Crippen LogP contribution in [0.2, 0.25) is 0 Å². The molecule has 0 radical (unpaired) electrons. The first-order valence-corrected chi connectivity index (χ1v) is 19.8. The van der Waals surface area contributed by atoms with Gasteiger partial charge in [0.15, 0.2) is 17.5 Å². The highest BCUT2D eigenvalue weighted by molar-refractivity contribution is 5.93. The van der Waals surface area contributed by atoms with Gasteiger partial charge in [-0.15, -0.1) is 0 Å². The number of hydrogen-bond donors (Lipinski definition) is 0. The second-order valence-electron chi connectivity index (χ2n) is 15.3. The van der Waals surface area contributed by atoms with Gasteiger partial charge in [0.2, 0.25) is 0 Å². The summed E-state index contributed by atoms with van der Waals surface area (Å²) in [6.45, 7) is 0. The topological polar surface area (TPSA) is 62.5 Å². The fraction of sp³-hybridized carbons (Fsp3) is 0.154. The van der Waals surface area contributed by atoms with Gasteiger partial charge in [0.05, 0.1) is 6.07 Å². The summed E-state index contributed by atoms with van der Waals surface area (Å²) >= 11 is 0. The van der Waals surface area contributed by atoms with Crippen LogP contribution in [0.4, 0.5) is 0 Å². The first-order chi connectivity index (χ1) is 27.7. The molecule has 7 aromatic rings. The molecule has 4 nitrogen and oxygen atoms in total. The van der Waals surface area contributed by atoms with Crippen LogP contribution in [0.1, 0.15) is 56.1 Å². The van der Waals surface area contributed by atoms with Crippen molar-refractivity contribution >= 4 is 5.57 Å². The minimum absolute atomic E-state index is 0.0255.